The molecule has 16 rings (SSSR count). The molecule has 0 spiro atoms. The lowest BCUT2D eigenvalue weighted by molar-refractivity contribution is -0.383. The maximum atomic E-state index is 12.9. The van der Waals surface area contributed by atoms with Crippen LogP contribution in [0, 0.1) is 24.0 Å². The highest BCUT2D eigenvalue weighted by Crippen LogP contribution is 2.38. The highest BCUT2D eigenvalue weighted by molar-refractivity contribution is 6.64. The van der Waals surface area contributed by atoms with Gasteiger partial charge < -0.3 is 68.6 Å². The molecule has 14 aromatic carbocycles. The molecule has 0 bridgehead atoms. The van der Waals surface area contributed by atoms with Gasteiger partial charge in [-0.1, -0.05) is 206 Å². The van der Waals surface area contributed by atoms with Gasteiger partial charge in [0.1, 0.15) is 58.5 Å². The van der Waals surface area contributed by atoms with Gasteiger partial charge in [-0.25, -0.2) is 9.59 Å². The number of halogens is 4. The van der Waals surface area contributed by atoms with E-state index >= 15 is 0 Å². The van der Waals surface area contributed by atoms with Crippen molar-refractivity contribution in [2.24, 2.45) is 0 Å². The average Bonchev–Trinajstić information content (AvgIpc) is 0.763. The lowest BCUT2D eigenvalue weighted by atomic mass is 10.1. The van der Waals surface area contributed by atoms with Gasteiger partial charge in [0.15, 0.2) is 5.75 Å². The molecule has 0 fully saturated rings. The number of aromatic hydroxyl groups is 1. The van der Waals surface area contributed by atoms with Gasteiger partial charge in [-0.2, -0.15) is 13.2 Å². The van der Waals surface area contributed by atoms with Gasteiger partial charge in [0, 0.05) is 39.0 Å². The largest absolute Gasteiger partial charge is 0.508 e. The molecule has 0 unspecified atom stereocenters. The predicted octanol–water partition coefficient (Wildman–Crippen LogP) is 21.0. The van der Waals surface area contributed by atoms with Crippen LogP contribution in [0.5, 0.6) is 40.2 Å². The number of rotatable bonds is 19. The summed E-state index contributed by atoms with van der Waals surface area (Å²) < 4.78 is 86.2. The van der Waals surface area contributed by atoms with Crippen molar-refractivity contribution >= 4 is 145 Å². The molecule has 2 heterocycles. The molecule has 137 heavy (non-hydrogen) atoms. The van der Waals surface area contributed by atoms with Crippen LogP contribution in [-0.2, 0) is 42.9 Å². The quantitative estimate of drug-likeness (QED) is 0.00672. The molecular formula is C105H97ClF3N5O23. The van der Waals surface area contributed by atoms with Gasteiger partial charge in [0.2, 0.25) is 11.1 Å². The fourth-order valence-corrected chi connectivity index (χ4v) is 13.6. The number of aromatic nitrogens is 2. The number of ether oxygens (including phenoxy) is 10. The number of hydrogen-bond acceptors (Lipinski definition) is 23. The Bertz CT molecular complexity index is 7170. The Morgan fingerprint density at radius 2 is 0.825 bits per heavy atom. The van der Waals surface area contributed by atoms with Crippen LogP contribution < -0.4 is 50.6 Å². The molecule has 708 valence electrons. The first-order valence-electron chi connectivity index (χ1n) is 41.4. The minimum absolute atomic E-state index is 0.0157. The number of allylic oxidation sites excluding steroid dienone is 1. The van der Waals surface area contributed by atoms with Crippen molar-refractivity contribution in [3.63, 3.8) is 0 Å². The number of phenols is 1. The number of aromatic carboxylic acids is 1. The Labute approximate surface area is 789 Å². The first-order valence-corrected chi connectivity index (χ1v) is 41.8. The van der Waals surface area contributed by atoms with Crippen molar-refractivity contribution in [3.05, 3.63) is 357 Å². The Morgan fingerprint density at radius 1 is 0.445 bits per heavy atom. The van der Waals surface area contributed by atoms with E-state index in [0.29, 0.717) is 74.3 Å². The summed E-state index contributed by atoms with van der Waals surface area (Å²) in [5.74, 6) is -1.57. The summed E-state index contributed by atoms with van der Waals surface area (Å²) in [6.45, 7) is 5.40. The number of benzene rings is 14. The number of nitrogen functional groups attached to an aromatic ring is 1. The third kappa shape index (κ3) is 28.7. The molecule has 28 nitrogen and oxygen atoms in total. The number of phenolic OH excluding ortho intramolecular Hbond substituents is 1. The molecule has 0 atom stereocenters. The number of alkyl halides is 3. The Balaban J connectivity index is 0.000000193. The zero-order chi connectivity index (χ0) is 100. The topological polar surface area (TPSA) is 377 Å². The fraction of sp³-hybridized carbons (Fsp3) is 0.152. The van der Waals surface area contributed by atoms with Crippen molar-refractivity contribution in [2.45, 2.75) is 39.8 Å². The molecule has 0 aliphatic heterocycles. The van der Waals surface area contributed by atoms with Gasteiger partial charge >= 0.3 is 35.7 Å². The van der Waals surface area contributed by atoms with Crippen LogP contribution in [0.2, 0.25) is 0 Å². The van der Waals surface area contributed by atoms with Crippen molar-refractivity contribution in [1.29, 1.82) is 0 Å². The Morgan fingerprint density at radius 3 is 1.26 bits per heavy atom. The van der Waals surface area contributed by atoms with Crippen LogP contribution in [0.4, 0.5) is 30.2 Å². The second kappa shape index (κ2) is 51.6. The van der Waals surface area contributed by atoms with E-state index in [1.54, 1.807) is 95.8 Å². The SMILES string of the molecule is CCO/C=C/C(=O)C(F)(F)F.COC(=O)CC(=O)Cl.COC(=O)CC(=O)Nc1c(OC)ccc2ccccc12.COC(=O)c1ccc(C)n(-c2c(OC)ccc3ccccc23)c1=O.COc1ccc2ccccc2c1.COc1ccc2ccccc2c1-n1c(C)ccc(C(=O)O)c1=O.COc1ccc2ccccc2c1N.COc1ccc2ccccc2c1[N+](=O)[O-].Oc1ccc2ccccc2c1. The number of carbonyl (C=O) groups is 7. The number of nitrogens with one attached hydrogen (secondary N) is 1. The summed E-state index contributed by atoms with van der Waals surface area (Å²) in [5.41, 5.74) is 8.39. The van der Waals surface area contributed by atoms with E-state index in [4.69, 9.17) is 55.6 Å². The zero-order valence-corrected chi connectivity index (χ0v) is 77.1. The minimum Gasteiger partial charge on any atom is -0.508 e. The van der Waals surface area contributed by atoms with Crippen molar-refractivity contribution in [1.82, 2.24) is 9.13 Å². The van der Waals surface area contributed by atoms with E-state index < -0.39 is 63.0 Å². The van der Waals surface area contributed by atoms with Crippen LogP contribution in [0.15, 0.2) is 313 Å². The number of nitrogens with two attached hydrogens (primary N) is 1. The van der Waals surface area contributed by atoms with Gasteiger partial charge in [-0.05, 0) is 166 Å². The molecule has 0 aliphatic rings. The van der Waals surface area contributed by atoms with Crippen LogP contribution in [0.25, 0.3) is 86.8 Å². The molecule has 0 saturated heterocycles. The van der Waals surface area contributed by atoms with Gasteiger partial charge in [-0.15, -0.1) is 0 Å². The summed E-state index contributed by atoms with van der Waals surface area (Å²) in [6.07, 6.45) is -4.39. The summed E-state index contributed by atoms with van der Waals surface area (Å²) in [5, 5.41) is 45.0. The number of fused-ring (bicyclic) bond motifs is 7. The number of methoxy groups -OCH3 is 9. The van der Waals surface area contributed by atoms with Crippen molar-refractivity contribution in [2.75, 3.05) is 81.6 Å². The second-order valence-corrected chi connectivity index (χ2v) is 29.1. The number of carboxylic acids is 1. The van der Waals surface area contributed by atoms with Crippen molar-refractivity contribution < 1.29 is 109 Å². The minimum atomic E-state index is -4.80. The third-order valence-corrected chi connectivity index (χ3v) is 20.2. The number of nitro groups is 1. The number of nitro benzene ring substituents is 1. The van der Waals surface area contributed by atoms with Crippen LogP contribution in [-0.4, -0.2) is 142 Å². The Kier molecular flexibility index (Phi) is 39.7. The normalized spacial score (nSPS) is 10.4. The van der Waals surface area contributed by atoms with E-state index in [9.17, 15) is 71.5 Å². The van der Waals surface area contributed by atoms with Crippen molar-refractivity contribution in [3.8, 4) is 51.6 Å². The number of ketones is 1. The highest BCUT2D eigenvalue weighted by Gasteiger charge is 2.36. The molecule has 0 aliphatic carbocycles. The summed E-state index contributed by atoms with van der Waals surface area (Å²) in [6, 6.07) is 90.2. The molecule has 2 aromatic heterocycles. The van der Waals surface area contributed by atoms with Gasteiger partial charge in [-0.3, -0.25) is 52.8 Å². The summed E-state index contributed by atoms with van der Waals surface area (Å²) in [7, 11) is 13.0. The predicted molar refractivity (Wildman–Crippen MR) is 523 cm³/mol. The smallest absolute Gasteiger partial charge is 0.454 e. The van der Waals surface area contributed by atoms with Crippen LogP contribution >= 0.6 is 11.6 Å². The van der Waals surface area contributed by atoms with Crippen LogP contribution in [0.1, 0.15) is 51.9 Å². The monoisotopic (exact) mass is 1890 g/mol. The Hall–Kier alpha value is -17.1. The fourth-order valence-electron chi connectivity index (χ4n) is 13.4. The maximum Gasteiger partial charge on any atom is 0.454 e. The summed E-state index contributed by atoms with van der Waals surface area (Å²) in [4.78, 5) is 112. The number of nitrogens with zero attached hydrogens (tertiary/aromatic N) is 3. The molecule has 0 radical (unpaired) electrons. The standard InChI is InChI=1S/C19H17NO4.C18H15NO4.C15H15NO4.C11H9NO3.C11H11NO.C11H10O.C10H8O.C6H7F3O2.C4H5ClO3/c1-12-8-10-15(19(22)24-3)18(21)20(12)17-14-7-5-4-6-13(14)9-11-16(17)23-2;1-11-7-9-14(18(21)22)17(20)19(11)16-13-6-4-3-5-12(13)8-10-15(16)23-2;1-19-12-8-7-10-5-3-4-6-11(10)15(12)16-13(17)9-14(18)20-2;1-15-10-7-6-8-4-2-3-5-9(8)11(10)12(13)14;1-13-10-7-6-8-4-2-3-5-9(8)11(10)12;1-12-11-7-6-9-4-2-3-5-10(9)8-11;11-10-6-5-8-3-1-2-4-9(8)7-10;1-2-11-4-3-5(10)6(7,8)9;1-8-4(7)2-3(5)6/h4-11H,1-3H3;3-10H,1-2H3,(H,21,22);3-8H,9H2,1-2H3,(H,16,17);2-7H,1H3;2-7H,12H2,1H3;2-8H,1H3;1-7,11H;3-4H,2H2,1H3;2H2,1H3/b;;;;;;;4-3+;. The highest BCUT2D eigenvalue weighted by atomic mass is 35.5. The molecule has 5 N–H and O–H groups in total. The second-order valence-electron chi connectivity index (χ2n) is 28.7. The van der Waals surface area contributed by atoms with Crippen LogP contribution in [0.3, 0.4) is 0 Å². The number of carboxylic acid groups (broad SMARTS) is 1. The molecule has 0 saturated carbocycles. The molecular weight excluding hydrogens is 1790 g/mol. The number of anilines is 2. The molecule has 32 heteroatoms. The number of pyridine rings is 2. The summed E-state index contributed by atoms with van der Waals surface area (Å²) >= 11 is 4.81. The van der Waals surface area contributed by atoms with E-state index in [2.05, 4.69) is 37.7 Å². The maximum absolute atomic E-state index is 12.9. The van der Waals surface area contributed by atoms with E-state index in [1.165, 1.54) is 74.7 Å². The van der Waals surface area contributed by atoms with E-state index in [0.717, 1.165) is 77.0 Å². The van der Waals surface area contributed by atoms with Gasteiger partial charge in [0.25, 0.3) is 16.9 Å². The third-order valence-electron chi connectivity index (χ3n) is 20.1. The lowest BCUT2D eigenvalue weighted by Crippen LogP contribution is -2.27. The molecule has 16 aromatic rings. The molecule has 1 amide bonds. The van der Waals surface area contributed by atoms with E-state index in [-0.39, 0.29) is 36.3 Å². The number of hydrogen-bond donors (Lipinski definition) is 4. The zero-order valence-electron chi connectivity index (χ0n) is 76.4. The van der Waals surface area contributed by atoms with E-state index in [1.807, 2.05) is 207 Å². The number of carbonyl (C=O) groups excluding carboxylic acids is 6. The first-order chi connectivity index (χ1) is 65.7. The lowest BCUT2D eigenvalue weighted by Gasteiger charge is -2.17. The number of esters is 3. The van der Waals surface area contributed by atoms with Gasteiger partial charge in [0.05, 0.1) is 110 Å². The average molecular weight is 1890 g/mol. The number of aryl methyl sites for hydroxylation is 2. The first kappa shape index (κ1) is 105. The number of amides is 1.